The summed E-state index contributed by atoms with van der Waals surface area (Å²) in [6, 6.07) is 13.6. The van der Waals surface area contributed by atoms with Crippen LogP contribution in [0.15, 0.2) is 65.7 Å². The number of aliphatic hydroxyl groups is 1. The molecule has 0 spiro atoms. The van der Waals surface area contributed by atoms with Crippen LogP contribution in [-0.2, 0) is 11.3 Å². The number of aromatic nitrogens is 3. The third-order valence-electron chi connectivity index (χ3n) is 8.62. The van der Waals surface area contributed by atoms with E-state index in [1.807, 2.05) is 26.0 Å². The Kier molecular flexibility index (Phi) is 7.92. The third kappa shape index (κ3) is 6.05. The number of hydrogen-bond acceptors (Lipinski definition) is 6. The molecule has 2 aliphatic rings. The summed E-state index contributed by atoms with van der Waals surface area (Å²) in [7, 11) is 0. The summed E-state index contributed by atoms with van der Waals surface area (Å²) in [5.41, 5.74) is -0.0639. The molecule has 2 amide bonds. The molecule has 4 heterocycles. The van der Waals surface area contributed by atoms with E-state index in [0.717, 1.165) is 5.56 Å². The van der Waals surface area contributed by atoms with Crippen LogP contribution in [0.2, 0.25) is 5.15 Å². The Labute approximate surface area is 263 Å². The van der Waals surface area contributed by atoms with E-state index in [4.69, 9.17) is 16.3 Å². The maximum atomic E-state index is 13.5. The van der Waals surface area contributed by atoms with Gasteiger partial charge in [-0.2, -0.15) is 0 Å². The third-order valence-corrected chi connectivity index (χ3v) is 8.90. The van der Waals surface area contributed by atoms with E-state index in [-0.39, 0.29) is 67.6 Å². The fraction of sp³-hybridized carbons (Fsp3) is 0.375. The van der Waals surface area contributed by atoms with Crippen molar-refractivity contribution >= 4 is 34.6 Å². The van der Waals surface area contributed by atoms with Crippen molar-refractivity contribution in [2.75, 3.05) is 26.2 Å². The number of carboxylic acid groups (broad SMARTS) is 1. The highest BCUT2D eigenvalue weighted by molar-refractivity contribution is 6.31. The number of carbonyl (C=O) groups excluding carboxylic acids is 1. The molecule has 1 atom stereocenters. The fourth-order valence-electron chi connectivity index (χ4n) is 6.10. The number of nitrogens with zero attached hydrogens (tertiary/aromatic N) is 5. The van der Waals surface area contributed by atoms with Gasteiger partial charge < -0.3 is 19.8 Å². The van der Waals surface area contributed by atoms with E-state index in [0.29, 0.717) is 16.9 Å². The number of benzene rings is 2. The predicted octanol–water partition coefficient (Wildman–Crippen LogP) is 4.48. The molecule has 11 nitrogen and oxygen atoms in total. The zero-order valence-corrected chi connectivity index (χ0v) is 25.6. The Balaban J connectivity index is 1.19. The smallest absolute Gasteiger partial charge is 0.407 e. The van der Waals surface area contributed by atoms with Crippen molar-refractivity contribution in [3.8, 4) is 5.69 Å². The number of hydrogen-bond donors (Lipinski definition) is 2. The standard InChI is InChI=1S/C32H33ClFN5O6/c1-31(2)17-38(30(42)43)25(16-45-31)20-5-9-23(10-6-20)39-26(33)15-24-27(39)35-19-37(29(24)41)18-32(44)11-13-36(14-12-32)28(40)21-3-7-22(34)8-4-21/h3-10,15,19,25,44H,11-14,16-18H2,1-2H3,(H,42,43)/t25-/m1/s1. The van der Waals surface area contributed by atoms with Crippen molar-refractivity contribution in [2.45, 2.75) is 50.5 Å². The molecule has 2 N–H and O–H groups in total. The highest BCUT2D eigenvalue weighted by Crippen LogP contribution is 2.32. The van der Waals surface area contributed by atoms with E-state index < -0.39 is 29.2 Å². The first-order chi connectivity index (χ1) is 21.3. The molecular weight excluding hydrogens is 605 g/mol. The number of ether oxygens (including phenoxy) is 1. The van der Waals surface area contributed by atoms with Gasteiger partial charge in [-0.15, -0.1) is 0 Å². The highest BCUT2D eigenvalue weighted by atomic mass is 35.5. The zero-order valence-electron chi connectivity index (χ0n) is 24.8. The summed E-state index contributed by atoms with van der Waals surface area (Å²) >= 11 is 6.60. The van der Waals surface area contributed by atoms with Crippen molar-refractivity contribution < 1.29 is 28.9 Å². The molecule has 4 aromatic rings. The molecule has 45 heavy (non-hydrogen) atoms. The van der Waals surface area contributed by atoms with Crippen molar-refractivity contribution in [3.63, 3.8) is 0 Å². The Hall–Kier alpha value is -4.26. The molecule has 0 aliphatic carbocycles. The maximum absolute atomic E-state index is 13.5. The lowest BCUT2D eigenvalue weighted by molar-refractivity contribution is -0.106. The van der Waals surface area contributed by atoms with Crippen LogP contribution in [0.1, 0.15) is 48.7 Å². The number of morpholine rings is 1. The topological polar surface area (TPSA) is 130 Å². The monoisotopic (exact) mass is 637 g/mol. The van der Waals surface area contributed by atoms with E-state index in [1.54, 1.807) is 21.6 Å². The van der Waals surface area contributed by atoms with Crippen molar-refractivity contribution in [3.05, 3.63) is 93.4 Å². The number of amides is 2. The predicted molar refractivity (Wildman–Crippen MR) is 164 cm³/mol. The largest absolute Gasteiger partial charge is 0.465 e. The number of carbonyl (C=O) groups is 2. The minimum atomic E-state index is -1.23. The molecule has 0 saturated carbocycles. The molecule has 2 aliphatic heterocycles. The molecule has 236 valence electrons. The second-order valence-electron chi connectivity index (χ2n) is 12.3. The van der Waals surface area contributed by atoms with Crippen LogP contribution < -0.4 is 5.56 Å². The van der Waals surface area contributed by atoms with Gasteiger partial charge in [0.05, 0.1) is 42.3 Å². The van der Waals surface area contributed by atoms with Gasteiger partial charge in [0.1, 0.15) is 17.3 Å². The van der Waals surface area contributed by atoms with Gasteiger partial charge in [-0.3, -0.25) is 23.6 Å². The molecular formula is C32H33ClFN5O6. The van der Waals surface area contributed by atoms with E-state index >= 15 is 0 Å². The van der Waals surface area contributed by atoms with Gasteiger partial charge in [-0.1, -0.05) is 23.7 Å². The van der Waals surface area contributed by atoms with Crippen LogP contribution >= 0.6 is 11.6 Å². The highest BCUT2D eigenvalue weighted by Gasteiger charge is 2.38. The van der Waals surface area contributed by atoms with Gasteiger partial charge in [0.2, 0.25) is 0 Å². The molecule has 2 aromatic heterocycles. The lowest BCUT2D eigenvalue weighted by Crippen LogP contribution is -2.51. The van der Waals surface area contributed by atoms with E-state index in [1.165, 1.54) is 46.1 Å². The number of piperidine rings is 1. The van der Waals surface area contributed by atoms with Crippen LogP contribution in [0, 0.1) is 5.82 Å². The van der Waals surface area contributed by atoms with Crippen LogP contribution in [0.3, 0.4) is 0 Å². The van der Waals surface area contributed by atoms with Gasteiger partial charge in [-0.05, 0) is 74.7 Å². The number of likely N-dealkylation sites (tertiary alicyclic amines) is 1. The maximum Gasteiger partial charge on any atom is 0.407 e. The van der Waals surface area contributed by atoms with Crippen molar-refractivity contribution in [2.24, 2.45) is 0 Å². The van der Waals surface area contributed by atoms with Crippen LogP contribution in [0.4, 0.5) is 9.18 Å². The second kappa shape index (κ2) is 11.6. The van der Waals surface area contributed by atoms with E-state index in [2.05, 4.69) is 4.98 Å². The molecule has 2 aromatic carbocycles. The molecule has 2 saturated heterocycles. The lowest BCUT2D eigenvalue weighted by atomic mass is 9.91. The summed E-state index contributed by atoms with van der Waals surface area (Å²) in [6.45, 7) is 4.72. The molecule has 0 bridgehead atoms. The minimum Gasteiger partial charge on any atom is -0.465 e. The number of rotatable bonds is 5. The number of halogens is 2. The Morgan fingerprint density at radius 1 is 1.09 bits per heavy atom. The van der Waals surface area contributed by atoms with Crippen LogP contribution in [-0.4, -0.2) is 83.6 Å². The van der Waals surface area contributed by atoms with Crippen LogP contribution in [0.5, 0.6) is 0 Å². The summed E-state index contributed by atoms with van der Waals surface area (Å²) in [4.78, 5) is 45.8. The first-order valence-corrected chi connectivity index (χ1v) is 15.0. The van der Waals surface area contributed by atoms with E-state index in [9.17, 15) is 29.0 Å². The molecule has 0 unspecified atom stereocenters. The SMILES string of the molecule is CC1(C)CN(C(=O)O)[C@@H](c2ccc(-n3c(Cl)cc4c(=O)n(CC5(O)CCN(C(=O)c6ccc(F)cc6)CC5)cnc43)cc2)CO1. The first-order valence-electron chi connectivity index (χ1n) is 14.6. The average Bonchev–Trinajstić information content (AvgIpc) is 3.35. The summed E-state index contributed by atoms with van der Waals surface area (Å²) in [6.07, 6.45) is 0.864. The van der Waals surface area contributed by atoms with Crippen LogP contribution in [0.25, 0.3) is 16.7 Å². The van der Waals surface area contributed by atoms with Gasteiger partial charge >= 0.3 is 6.09 Å². The minimum absolute atomic E-state index is 0.00874. The molecule has 2 fully saturated rings. The molecule has 13 heteroatoms. The Morgan fingerprint density at radius 2 is 1.76 bits per heavy atom. The van der Waals surface area contributed by atoms with Crippen molar-refractivity contribution in [1.82, 2.24) is 23.9 Å². The summed E-state index contributed by atoms with van der Waals surface area (Å²) < 4.78 is 22.1. The summed E-state index contributed by atoms with van der Waals surface area (Å²) in [5, 5.41) is 21.6. The normalized spacial score (nSPS) is 19.5. The Bertz CT molecular complexity index is 1810. The van der Waals surface area contributed by atoms with Crippen molar-refractivity contribution in [1.29, 1.82) is 0 Å². The summed E-state index contributed by atoms with van der Waals surface area (Å²) in [5.74, 6) is -0.662. The average molecular weight is 638 g/mol. The lowest BCUT2D eigenvalue weighted by Gasteiger charge is -2.42. The van der Waals surface area contributed by atoms with Gasteiger partial charge in [-0.25, -0.2) is 14.2 Å². The second-order valence-corrected chi connectivity index (χ2v) is 12.7. The van der Waals surface area contributed by atoms with Gasteiger partial charge in [0, 0.05) is 24.3 Å². The first kappa shape index (κ1) is 30.8. The Morgan fingerprint density at radius 3 is 2.40 bits per heavy atom. The van der Waals surface area contributed by atoms with Gasteiger partial charge in [0.25, 0.3) is 11.5 Å². The quantitative estimate of drug-likeness (QED) is 0.330. The van der Waals surface area contributed by atoms with Gasteiger partial charge in [0.15, 0.2) is 5.65 Å². The zero-order chi connectivity index (χ0) is 32.1. The fourth-order valence-corrected chi connectivity index (χ4v) is 6.39. The number of fused-ring (bicyclic) bond motifs is 1. The molecule has 0 radical (unpaired) electrons. The molecule has 6 rings (SSSR count).